The van der Waals surface area contributed by atoms with E-state index in [-0.39, 0.29) is 0 Å². The van der Waals surface area contributed by atoms with Crippen LogP contribution >= 0.6 is 0 Å². The largest absolute Gasteiger partial charge is 0.375 e. The standard InChI is InChI=1S/C14H28N2O/c1-15-9-6-12-2-4-13(5-3-12)17-14-7-10-16-11-8-14/h12-16H,2-11H2,1H3. The second-order valence-corrected chi connectivity index (χ2v) is 5.62. The van der Waals surface area contributed by atoms with Crippen LogP contribution in [-0.2, 0) is 4.74 Å². The molecule has 2 aliphatic rings. The average Bonchev–Trinajstić information content (AvgIpc) is 2.39. The Morgan fingerprint density at radius 2 is 1.65 bits per heavy atom. The van der Waals surface area contributed by atoms with Crippen molar-refractivity contribution in [1.29, 1.82) is 0 Å². The molecule has 2 fully saturated rings. The van der Waals surface area contributed by atoms with E-state index in [4.69, 9.17) is 4.74 Å². The maximum atomic E-state index is 6.23. The number of nitrogens with one attached hydrogen (secondary N) is 2. The average molecular weight is 240 g/mol. The molecule has 0 amide bonds. The summed E-state index contributed by atoms with van der Waals surface area (Å²) in [6, 6.07) is 0. The van der Waals surface area contributed by atoms with Crippen molar-refractivity contribution in [2.45, 2.75) is 57.2 Å². The first-order chi connectivity index (χ1) is 8.38. The van der Waals surface area contributed by atoms with E-state index in [1.807, 2.05) is 7.05 Å². The Kier molecular flexibility index (Phi) is 5.75. The molecule has 0 spiro atoms. The third-order valence-electron chi connectivity index (χ3n) is 4.27. The number of rotatable bonds is 5. The lowest BCUT2D eigenvalue weighted by Crippen LogP contribution is -2.36. The molecular formula is C14H28N2O. The van der Waals surface area contributed by atoms with E-state index in [9.17, 15) is 0 Å². The fourth-order valence-corrected chi connectivity index (χ4v) is 3.11. The van der Waals surface area contributed by atoms with E-state index in [2.05, 4.69) is 10.6 Å². The molecule has 1 saturated heterocycles. The van der Waals surface area contributed by atoms with Crippen molar-refractivity contribution >= 4 is 0 Å². The smallest absolute Gasteiger partial charge is 0.0603 e. The third-order valence-corrected chi connectivity index (χ3v) is 4.27. The van der Waals surface area contributed by atoms with Crippen molar-refractivity contribution in [3.8, 4) is 0 Å². The molecule has 2 rings (SSSR count). The molecule has 17 heavy (non-hydrogen) atoms. The Morgan fingerprint density at radius 1 is 1.00 bits per heavy atom. The highest BCUT2D eigenvalue weighted by Gasteiger charge is 2.24. The molecule has 1 heterocycles. The summed E-state index contributed by atoms with van der Waals surface area (Å²) in [4.78, 5) is 0. The Morgan fingerprint density at radius 3 is 2.29 bits per heavy atom. The molecule has 3 heteroatoms. The molecule has 0 aromatic heterocycles. The molecule has 100 valence electrons. The van der Waals surface area contributed by atoms with Gasteiger partial charge in [-0.3, -0.25) is 0 Å². The van der Waals surface area contributed by atoms with E-state index in [1.165, 1.54) is 51.5 Å². The zero-order valence-corrected chi connectivity index (χ0v) is 11.2. The van der Waals surface area contributed by atoms with Crippen LogP contribution in [0.3, 0.4) is 0 Å². The second kappa shape index (κ2) is 7.34. The highest BCUT2D eigenvalue weighted by molar-refractivity contribution is 4.76. The lowest BCUT2D eigenvalue weighted by molar-refractivity contribution is -0.0483. The van der Waals surface area contributed by atoms with Crippen LogP contribution in [0.15, 0.2) is 0 Å². The van der Waals surface area contributed by atoms with Crippen molar-refractivity contribution in [2.75, 3.05) is 26.7 Å². The van der Waals surface area contributed by atoms with Crippen LogP contribution in [0.2, 0.25) is 0 Å². The second-order valence-electron chi connectivity index (χ2n) is 5.62. The Hall–Kier alpha value is -0.120. The Labute approximate surface area is 106 Å². The number of hydrogen-bond donors (Lipinski definition) is 2. The minimum absolute atomic E-state index is 0.537. The van der Waals surface area contributed by atoms with Crippen LogP contribution in [0.4, 0.5) is 0 Å². The van der Waals surface area contributed by atoms with Gasteiger partial charge in [-0.2, -0.15) is 0 Å². The summed E-state index contributed by atoms with van der Waals surface area (Å²) >= 11 is 0. The lowest BCUT2D eigenvalue weighted by atomic mass is 9.85. The van der Waals surface area contributed by atoms with Crippen LogP contribution in [0.25, 0.3) is 0 Å². The fourth-order valence-electron chi connectivity index (χ4n) is 3.11. The molecular weight excluding hydrogens is 212 g/mol. The summed E-state index contributed by atoms with van der Waals surface area (Å²) in [6.45, 7) is 3.45. The van der Waals surface area contributed by atoms with Crippen LogP contribution in [0.1, 0.15) is 44.9 Å². The van der Waals surface area contributed by atoms with Gasteiger partial charge in [0.15, 0.2) is 0 Å². The van der Waals surface area contributed by atoms with Crippen molar-refractivity contribution < 1.29 is 4.74 Å². The van der Waals surface area contributed by atoms with Gasteiger partial charge in [-0.05, 0) is 77.5 Å². The molecule has 1 aliphatic heterocycles. The van der Waals surface area contributed by atoms with Crippen LogP contribution < -0.4 is 10.6 Å². The quantitative estimate of drug-likeness (QED) is 0.770. The van der Waals surface area contributed by atoms with Crippen LogP contribution in [0, 0.1) is 5.92 Å². The van der Waals surface area contributed by atoms with Crippen LogP contribution in [-0.4, -0.2) is 38.9 Å². The first-order valence-corrected chi connectivity index (χ1v) is 7.39. The van der Waals surface area contributed by atoms with Crippen molar-refractivity contribution in [1.82, 2.24) is 10.6 Å². The predicted octanol–water partition coefficient (Wildman–Crippen LogP) is 1.92. The van der Waals surface area contributed by atoms with Gasteiger partial charge in [0.2, 0.25) is 0 Å². The molecule has 2 N–H and O–H groups in total. The molecule has 1 aliphatic carbocycles. The molecule has 0 atom stereocenters. The van der Waals surface area contributed by atoms with Crippen molar-refractivity contribution in [3.63, 3.8) is 0 Å². The van der Waals surface area contributed by atoms with Gasteiger partial charge in [0.05, 0.1) is 12.2 Å². The van der Waals surface area contributed by atoms with E-state index in [1.54, 1.807) is 0 Å². The molecule has 1 saturated carbocycles. The summed E-state index contributed by atoms with van der Waals surface area (Å²) < 4.78 is 6.23. The zero-order valence-electron chi connectivity index (χ0n) is 11.2. The fraction of sp³-hybridized carbons (Fsp3) is 1.00. The first-order valence-electron chi connectivity index (χ1n) is 7.39. The molecule has 0 aromatic rings. The first kappa shape index (κ1) is 13.3. The molecule has 3 nitrogen and oxygen atoms in total. The van der Waals surface area contributed by atoms with E-state index >= 15 is 0 Å². The summed E-state index contributed by atoms with van der Waals surface area (Å²) in [5.41, 5.74) is 0. The predicted molar refractivity (Wildman–Crippen MR) is 71.3 cm³/mol. The highest BCUT2D eigenvalue weighted by Crippen LogP contribution is 2.29. The minimum Gasteiger partial charge on any atom is -0.375 e. The topological polar surface area (TPSA) is 33.3 Å². The summed E-state index contributed by atoms with van der Waals surface area (Å²) in [5, 5.41) is 6.65. The summed E-state index contributed by atoms with van der Waals surface area (Å²) in [6.07, 6.45) is 10.2. The van der Waals surface area contributed by atoms with Crippen molar-refractivity contribution in [2.24, 2.45) is 5.92 Å². The lowest BCUT2D eigenvalue weighted by Gasteiger charge is -2.33. The minimum atomic E-state index is 0.537. The van der Waals surface area contributed by atoms with E-state index in [0.717, 1.165) is 19.0 Å². The molecule has 0 unspecified atom stereocenters. The summed E-state index contributed by atoms with van der Waals surface area (Å²) in [5.74, 6) is 0.940. The number of hydrogen-bond acceptors (Lipinski definition) is 3. The van der Waals surface area contributed by atoms with Gasteiger partial charge in [-0.25, -0.2) is 0 Å². The van der Waals surface area contributed by atoms with E-state index < -0.39 is 0 Å². The van der Waals surface area contributed by atoms with E-state index in [0.29, 0.717) is 12.2 Å². The van der Waals surface area contributed by atoms with Gasteiger partial charge in [0, 0.05) is 0 Å². The molecule has 0 aromatic carbocycles. The monoisotopic (exact) mass is 240 g/mol. The highest BCUT2D eigenvalue weighted by atomic mass is 16.5. The Bertz CT molecular complexity index is 196. The van der Waals surface area contributed by atoms with Gasteiger partial charge < -0.3 is 15.4 Å². The molecule has 0 bridgehead atoms. The number of ether oxygens (including phenoxy) is 1. The number of piperidine rings is 1. The Balaban J connectivity index is 1.61. The molecule has 0 radical (unpaired) electrons. The SMILES string of the molecule is CNCCC1CCC(OC2CCNCC2)CC1. The third kappa shape index (κ3) is 4.57. The van der Waals surface area contributed by atoms with Crippen LogP contribution in [0.5, 0.6) is 0 Å². The summed E-state index contributed by atoms with van der Waals surface area (Å²) in [7, 11) is 2.05. The van der Waals surface area contributed by atoms with Crippen molar-refractivity contribution in [3.05, 3.63) is 0 Å². The van der Waals surface area contributed by atoms with Gasteiger partial charge in [-0.1, -0.05) is 0 Å². The zero-order chi connectivity index (χ0) is 11.9. The maximum absolute atomic E-state index is 6.23. The normalized spacial score (nSPS) is 31.6. The van der Waals surface area contributed by atoms with Gasteiger partial charge in [0.1, 0.15) is 0 Å². The van der Waals surface area contributed by atoms with Gasteiger partial charge in [0.25, 0.3) is 0 Å². The van der Waals surface area contributed by atoms with Gasteiger partial charge >= 0.3 is 0 Å². The van der Waals surface area contributed by atoms with Gasteiger partial charge in [-0.15, -0.1) is 0 Å². The maximum Gasteiger partial charge on any atom is 0.0603 e.